The molecule has 2 N–H and O–H groups in total. The Balaban J connectivity index is 1.70. The molecular formula is C15H20N6O2. The summed E-state index contributed by atoms with van der Waals surface area (Å²) in [6, 6.07) is 3.46. The summed E-state index contributed by atoms with van der Waals surface area (Å²) >= 11 is 0. The van der Waals surface area contributed by atoms with Crippen molar-refractivity contribution in [1.29, 1.82) is 0 Å². The zero-order valence-electron chi connectivity index (χ0n) is 13.5. The Bertz CT molecular complexity index is 760. The highest BCUT2D eigenvalue weighted by Gasteiger charge is 2.25. The lowest BCUT2D eigenvalue weighted by atomic mass is 10.3. The van der Waals surface area contributed by atoms with E-state index in [1.165, 1.54) is 6.07 Å². The number of hydrogen-bond acceptors (Lipinski definition) is 7. The van der Waals surface area contributed by atoms with Crippen LogP contribution in [0.2, 0.25) is 0 Å². The van der Waals surface area contributed by atoms with Crippen LogP contribution in [0.3, 0.4) is 0 Å². The van der Waals surface area contributed by atoms with Gasteiger partial charge in [-0.15, -0.1) is 0 Å². The van der Waals surface area contributed by atoms with Crippen LogP contribution in [0.15, 0.2) is 16.9 Å². The second kappa shape index (κ2) is 6.23. The molecular weight excluding hydrogens is 296 g/mol. The number of H-pyrrole nitrogens is 1. The van der Waals surface area contributed by atoms with E-state index in [1.807, 2.05) is 13.8 Å². The van der Waals surface area contributed by atoms with Gasteiger partial charge in [0.2, 0.25) is 17.8 Å². The van der Waals surface area contributed by atoms with E-state index in [0.29, 0.717) is 23.5 Å². The van der Waals surface area contributed by atoms with Gasteiger partial charge in [0.25, 0.3) is 5.56 Å². The number of ether oxygens (including phenoxy) is 1. The number of nitrogens with zero attached hydrogens (tertiary/aromatic N) is 4. The van der Waals surface area contributed by atoms with Crippen LogP contribution >= 0.6 is 0 Å². The van der Waals surface area contributed by atoms with Gasteiger partial charge in [-0.3, -0.25) is 9.78 Å². The fraction of sp³-hybridized carbons (Fsp3) is 0.467. The third kappa shape index (κ3) is 3.58. The van der Waals surface area contributed by atoms with Gasteiger partial charge >= 0.3 is 0 Å². The summed E-state index contributed by atoms with van der Waals surface area (Å²) in [5.74, 6) is 1.71. The molecule has 1 atom stereocenters. The van der Waals surface area contributed by atoms with Crippen LogP contribution < -0.4 is 20.5 Å². The number of aryl methyl sites for hydroxylation is 2. The number of nitrogens with one attached hydrogen (secondary N) is 2. The smallest absolute Gasteiger partial charge is 0.252 e. The number of anilines is 2. The molecule has 0 saturated carbocycles. The van der Waals surface area contributed by atoms with E-state index in [1.54, 1.807) is 13.2 Å². The molecule has 23 heavy (non-hydrogen) atoms. The number of aromatic amines is 1. The quantitative estimate of drug-likeness (QED) is 0.864. The van der Waals surface area contributed by atoms with Gasteiger partial charge in [0.15, 0.2) is 0 Å². The normalized spacial score (nSPS) is 17.3. The van der Waals surface area contributed by atoms with Gasteiger partial charge in [-0.05, 0) is 20.3 Å². The van der Waals surface area contributed by atoms with Crippen LogP contribution in [0.25, 0.3) is 0 Å². The maximum atomic E-state index is 11.6. The van der Waals surface area contributed by atoms with Crippen LogP contribution in [-0.2, 0) is 0 Å². The summed E-state index contributed by atoms with van der Waals surface area (Å²) in [6.07, 6.45) is 0.914. The van der Waals surface area contributed by atoms with Crippen LogP contribution in [-0.4, -0.2) is 46.2 Å². The number of aromatic nitrogens is 4. The third-order valence-electron chi connectivity index (χ3n) is 3.72. The highest BCUT2D eigenvalue weighted by Crippen LogP contribution is 2.19. The predicted octanol–water partition coefficient (Wildman–Crippen LogP) is 0.876. The van der Waals surface area contributed by atoms with Crippen molar-refractivity contribution in [3.05, 3.63) is 33.9 Å². The first-order valence-electron chi connectivity index (χ1n) is 7.52. The maximum Gasteiger partial charge on any atom is 0.252 e. The molecule has 3 rings (SSSR count). The molecule has 0 bridgehead atoms. The van der Waals surface area contributed by atoms with Crippen molar-refractivity contribution in [2.75, 3.05) is 30.4 Å². The fourth-order valence-electron chi connectivity index (χ4n) is 2.67. The number of hydrogen-bond donors (Lipinski definition) is 2. The highest BCUT2D eigenvalue weighted by molar-refractivity contribution is 5.37. The van der Waals surface area contributed by atoms with E-state index >= 15 is 0 Å². The van der Waals surface area contributed by atoms with Crippen molar-refractivity contribution in [2.45, 2.75) is 26.3 Å². The second-order valence-electron chi connectivity index (χ2n) is 5.66. The first-order chi connectivity index (χ1) is 11.0. The summed E-state index contributed by atoms with van der Waals surface area (Å²) in [4.78, 5) is 29.5. The minimum Gasteiger partial charge on any atom is -0.481 e. The molecule has 0 spiro atoms. The molecule has 0 aromatic carbocycles. The molecule has 1 aliphatic heterocycles. The zero-order chi connectivity index (χ0) is 16.4. The Morgan fingerprint density at radius 2 is 2.04 bits per heavy atom. The van der Waals surface area contributed by atoms with Gasteiger partial charge in [-0.25, -0.2) is 9.97 Å². The van der Waals surface area contributed by atoms with Crippen LogP contribution in [0.1, 0.15) is 17.8 Å². The molecule has 1 saturated heterocycles. The number of methoxy groups -OCH3 is 1. The maximum absolute atomic E-state index is 11.6. The van der Waals surface area contributed by atoms with Gasteiger partial charge in [0.1, 0.15) is 0 Å². The van der Waals surface area contributed by atoms with Crippen molar-refractivity contribution >= 4 is 11.9 Å². The van der Waals surface area contributed by atoms with E-state index in [0.717, 1.165) is 25.2 Å². The van der Waals surface area contributed by atoms with Crippen LogP contribution in [0.5, 0.6) is 5.88 Å². The number of rotatable bonds is 4. The van der Waals surface area contributed by atoms with E-state index in [9.17, 15) is 4.79 Å². The molecule has 8 nitrogen and oxygen atoms in total. The third-order valence-corrected chi connectivity index (χ3v) is 3.72. The average molecular weight is 316 g/mol. The Kier molecular flexibility index (Phi) is 4.14. The van der Waals surface area contributed by atoms with Crippen LogP contribution in [0, 0.1) is 13.8 Å². The Labute approximate surface area is 134 Å². The van der Waals surface area contributed by atoms with Crippen molar-refractivity contribution < 1.29 is 4.74 Å². The first-order valence-corrected chi connectivity index (χ1v) is 7.52. The summed E-state index contributed by atoms with van der Waals surface area (Å²) in [7, 11) is 1.59. The summed E-state index contributed by atoms with van der Waals surface area (Å²) in [6.45, 7) is 5.26. The predicted molar refractivity (Wildman–Crippen MR) is 87.2 cm³/mol. The Morgan fingerprint density at radius 3 is 2.78 bits per heavy atom. The molecule has 2 aromatic rings. The molecule has 1 aliphatic rings. The largest absolute Gasteiger partial charge is 0.481 e. The monoisotopic (exact) mass is 316 g/mol. The van der Waals surface area contributed by atoms with Gasteiger partial charge in [0.05, 0.1) is 7.11 Å². The van der Waals surface area contributed by atoms with Gasteiger partial charge in [-0.1, -0.05) is 0 Å². The lowest BCUT2D eigenvalue weighted by Gasteiger charge is -2.17. The molecule has 0 radical (unpaired) electrons. The molecule has 0 amide bonds. The molecule has 2 aromatic heterocycles. The second-order valence-corrected chi connectivity index (χ2v) is 5.66. The van der Waals surface area contributed by atoms with Crippen molar-refractivity contribution in [1.82, 2.24) is 19.9 Å². The van der Waals surface area contributed by atoms with Gasteiger partial charge < -0.3 is 15.0 Å². The molecule has 1 unspecified atom stereocenters. The van der Waals surface area contributed by atoms with Crippen molar-refractivity contribution in [3.63, 3.8) is 0 Å². The summed E-state index contributed by atoms with van der Waals surface area (Å²) in [5, 5.41) is 3.32. The highest BCUT2D eigenvalue weighted by atomic mass is 16.5. The average Bonchev–Trinajstić information content (AvgIpc) is 2.94. The van der Waals surface area contributed by atoms with E-state index in [2.05, 4.69) is 30.2 Å². The lowest BCUT2D eigenvalue weighted by Crippen LogP contribution is -2.29. The van der Waals surface area contributed by atoms with Crippen molar-refractivity contribution in [2.24, 2.45) is 0 Å². The van der Waals surface area contributed by atoms with Gasteiger partial charge in [0, 0.05) is 42.7 Å². The molecule has 1 fully saturated rings. The van der Waals surface area contributed by atoms with Crippen molar-refractivity contribution in [3.8, 4) is 5.88 Å². The summed E-state index contributed by atoms with van der Waals surface area (Å²) < 4.78 is 5.17. The first kappa shape index (κ1) is 15.3. The molecule has 3 heterocycles. The molecule has 0 aliphatic carbocycles. The minimum atomic E-state index is -0.129. The Hall–Kier alpha value is -2.64. The minimum absolute atomic E-state index is 0.129. The topological polar surface area (TPSA) is 96.0 Å². The van der Waals surface area contributed by atoms with E-state index in [4.69, 9.17) is 4.74 Å². The molecule has 8 heteroatoms. The SMILES string of the molecule is COc1cc(C)nc(NC2CCN(c3nc(C)cc(=O)[nH]3)C2)n1. The van der Waals surface area contributed by atoms with Crippen LogP contribution in [0.4, 0.5) is 11.9 Å². The van der Waals surface area contributed by atoms with Gasteiger partial charge in [-0.2, -0.15) is 4.98 Å². The van der Waals surface area contributed by atoms with E-state index < -0.39 is 0 Å². The summed E-state index contributed by atoms with van der Waals surface area (Å²) in [5.41, 5.74) is 1.43. The standard InChI is InChI=1S/C15H20N6O2/c1-9-6-12(22)19-15(17-9)21-5-4-11(8-21)18-14-16-10(2)7-13(20-14)23-3/h6-7,11H,4-5,8H2,1-3H3,(H,16,18,20)(H,17,19,22). The van der Waals surface area contributed by atoms with E-state index in [-0.39, 0.29) is 11.6 Å². The lowest BCUT2D eigenvalue weighted by molar-refractivity contribution is 0.397. The fourth-order valence-corrected chi connectivity index (χ4v) is 2.67. The zero-order valence-corrected chi connectivity index (χ0v) is 13.5. The molecule has 122 valence electrons. The Morgan fingerprint density at radius 1 is 1.26 bits per heavy atom.